The van der Waals surface area contributed by atoms with Gasteiger partial charge in [0.1, 0.15) is 5.75 Å². The van der Waals surface area contributed by atoms with E-state index in [4.69, 9.17) is 4.74 Å². The lowest BCUT2D eigenvalue weighted by atomic mass is 10.1. The maximum atomic E-state index is 12.6. The third-order valence-corrected chi connectivity index (χ3v) is 3.75. The number of likely N-dealkylation sites (N-methyl/N-ethyl adjacent to an activating group) is 1. The van der Waals surface area contributed by atoms with Crippen LogP contribution in [0.25, 0.3) is 0 Å². The van der Waals surface area contributed by atoms with Crippen LogP contribution in [0, 0.1) is 0 Å². The molecule has 0 aliphatic carbocycles. The van der Waals surface area contributed by atoms with Crippen LogP contribution in [0.1, 0.15) is 15.9 Å². The minimum absolute atomic E-state index is 0.0915. The van der Waals surface area contributed by atoms with Gasteiger partial charge in [-0.2, -0.15) is 0 Å². The van der Waals surface area contributed by atoms with Crippen molar-refractivity contribution in [1.29, 1.82) is 0 Å². The molecule has 0 saturated carbocycles. The van der Waals surface area contributed by atoms with Crippen molar-refractivity contribution < 1.29 is 19.4 Å². The van der Waals surface area contributed by atoms with E-state index in [0.717, 1.165) is 5.56 Å². The van der Waals surface area contributed by atoms with Gasteiger partial charge in [0, 0.05) is 13.5 Å². The van der Waals surface area contributed by atoms with Crippen molar-refractivity contribution in [2.24, 2.45) is 0 Å². The zero-order valence-corrected chi connectivity index (χ0v) is 12.0. The lowest BCUT2D eigenvalue weighted by molar-refractivity contribution is -0.124. The van der Waals surface area contributed by atoms with Gasteiger partial charge in [0.15, 0.2) is 6.10 Å². The van der Waals surface area contributed by atoms with Crippen molar-refractivity contribution in [2.45, 2.75) is 12.5 Å². The molecule has 0 radical (unpaired) electrons. The number of carboxylic acid groups (broad SMARTS) is 1. The molecule has 0 aromatic heterocycles. The van der Waals surface area contributed by atoms with E-state index >= 15 is 0 Å². The minimum atomic E-state index is -1.06. The van der Waals surface area contributed by atoms with E-state index < -0.39 is 12.1 Å². The first-order valence-corrected chi connectivity index (χ1v) is 6.92. The van der Waals surface area contributed by atoms with E-state index in [1.54, 1.807) is 25.2 Å². The highest BCUT2D eigenvalue weighted by molar-refractivity contribution is 6.03. The standard InChI is InChI=1S/C17H15NO4/c1-18(13-8-4-3-7-12(13)17(20)21)16(19)15-10-11-6-2-5-9-14(11)22-15/h2-9,15H,10H2,1H3,(H,20,21). The Balaban J connectivity index is 1.84. The number of nitrogens with zero attached hydrogens (tertiary/aromatic N) is 1. The number of amides is 1. The predicted octanol–water partition coefficient (Wildman–Crippen LogP) is 2.35. The second-order valence-electron chi connectivity index (χ2n) is 5.14. The van der Waals surface area contributed by atoms with E-state index in [1.165, 1.54) is 11.0 Å². The Labute approximate surface area is 127 Å². The summed E-state index contributed by atoms with van der Waals surface area (Å²) in [6, 6.07) is 13.9. The van der Waals surface area contributed by atoms with Gasteiger partial charge in [0.25, 0.3) is 5.91 Å². The third-order valence-electron chi connectivity index (χ3n) is 3.75. The molecule has 3 rings (SSSR count). The number of carboxylic acids is 1. The molecule has 5 nitrogen and oxygen atoms in total. The number of hydrogen-bond acceptors (Lipinski definition) is 3. The topological polar surface area (TPSA) is 66.8 Å². The van der Waals surface area contributed by atoms with Gasteiger partial charge < -0.3 is 14.7 Å². The first-order valence-electron chi connectivity index (χ1n) is 6.92. The van der Waals surface area contributed by atoms with Crippen molar-refractivity contribution in [3.63, 3.8) is 0 Å². The zero-order chi connectivity index (χ0) is 15.7. The van der Waals surface area contributed by atoms with Gasteiger partial charge in [-0.1, -0.05) is 30.3 Å². The number of anilines is 1. The summed E-state index contributed by atoms with van der Waals surface area (Å²) in [7, 11) is 1.57. The van der Waals surface area contributed by atoms with E-state index in [0.29, 0.717) is 17.9 Å². The normalized spacial score (nSPS) is 15.8. The first-order chi connectivity index (χ1) is 10.6. The molecule has 1 aliphatic heterocycles. The number of fused-ring (bicyclic) bond motifs is 1. The number of para-hydroxylation sites is 2. The van der Waals surface area contributed by atoms with Gasteiger partial charge in [-0.3, -0.25) is 4.79 Å². The van der Waals surface area contributed by atoms with Crippen LogP contribution in [0.5, 0.6) is 5.75 Å². The monoisotopic (exact) mass is 297 g/mol. The average Bonchev–Trinajstić information content (AvgIpc) is 2.97. The molecule has 1 unspecified atom stereocenters. The van der Waals surface area contributed by atoms with Crippen LogP contribution in [0.3, 0.4) is 0 Å². The maximum absolute atomic E-state index is 12.6. The van der Waals surface area contributed by atoms with Crippen LogP contribution in [0.2, 0.25) is 0 Å². The Bertz CT molecular complexity index is 716. The fraction of sp³-hybridized carbons (Fsp3) is 0.176. The Kier molecular flexibility index (Phi) is 3.55. The summed E-state index contributed by atoms with van der Waals surface area (Å²) in [5.41, 5.74) is 1.44. The highest BCUT2D eigenvalue weighted by Crippen LogP contribution is 2.30. The van der Waals surface area contributed by atoms with Gasteiger partial charge in [-0.25, -0.2) is 4.79 Å². The van der Waals surface area contributed by atoms with Crippen molar-refractivity contribution in [3.8, 4) is 5.75 Å². The van der Waals surface area contributed by atoms with Crippen LogP contribution in [0.4, 0.5) is 5.69 Å². The first kappa shape index (κ1) is 14.1. The Morgan fingerprint density at radius 1 is 1.14 bits per heavy atom. The molecule has 0 bridgehead atoms. The van der Waals surface area contributed by atoms with Gasteiger partial charge in [0.2, 0.25) is 0 Å². The molecule has 0 spiro atoms. The molecule has 1 heterocycles. The van der Waals surface area contributed by atoms with Gasteiger partial charge >= 0.3 is 5.97 Å². The van der Waals surface area contributed by atoms with Crippen molar-refractivity contribution in [2.75, 3.05) is 11.9 Å². The number of carbonyl (C=O) groups is 2. The molecule has 112 valence electrons. The number of hydrogen-bond donors (Lipinski definition) is 1. The second-order valence-corrected chi connectivity index (χ2v) is 5.14. The summed E-state index contributed by atoms with van der Waals surface area (Å²) in [6.07, 6.45) is -0.126. The molecule has 0 fully saturated rings. The smallest absolute Gasteiger partial charge is 0.337 e. The lowest BCUT2D eigenvalue weighted by Crippen LogP contribution is -2.39. The number of aromatic carboxylic acids is 1. The van der Waals surface area contributed by atoms with Crippen LogP contribution in [0.15, 0.2) is 48.5 Å². The summed E-state index contributed by atoms with van der Waals surface area (Å²) >= 11 is 0. The molecule has 5 heteroatoms. The fourth-order valence-electron chi connectivity index (χ4n) is 2.60. The molecule has 1 amide bonds. The Morgan fingerprint density at radius 2 is 1.82 bits per heavy atom. The van der Waals surface area contributed by atoms with Gasteiger partial charge in [-0.15, -0.1) is 0 Å². The van der Waals surface area contributed by atoms with E-state index in [1.807, 2.05) is 24.3 Å². The molecule has 2 aromatic rings. The third kappa shape index (κ3) is 2.41. The molecule has 1 atom stereocenters. The maximum Gasteiger partial charge on any atom is 0.337 e. The predicted molar refractivity (Wildman–Crippen MR) is 81.4 cm³/mol. The molecule has 22 heavy (non-hydrogen) atoms. The molecule has 1 N–H and O–H groups in total. The largest absolute Gasteiger partial charge is 0.480 e. The lowest BCUT2D eigenvalue weighted by Gasteiger charge is -2.22. The summed E-state index contributed by atoms with van der Waals surface area (Å²) < 4.78 is 5.67. The summed E-state index contributed by atoms with van der Waals surface area (Å²) in [6.45, 7) is 0. The number of ether oxygens (including phenoxy) is 1. The molecule has 2 aromatic carbocycles. The molecule has 0 saturated heterocycles. The fourth-order valence-corrected chi connectivity index (χ4v) is 2.60. The van der Waals surface area contributed by atoms with E-state index in [-0.39, 0.29) is 11.5 Å². The Morgan fingerprint density at radius 3 is 2.55 bits per heavy atom. The number of benzene rings is 2. The average molecular weight is 297 g/mol. The Hall–Kier alpha value is -2.82. The highest BCUT2D eigenvalue weighted by Gasteiger charge is 2.32. The molecular weight excluding hydrogens is 282 g/mol. The van der Waals surface area contributed by atoms with Crippen LogP contribution in [-0.4, -0.2) is 30.1 Å². The summed E-state index contributed by atoms with van der Waals surface area (Å²) in [5, 5.41) is 9.23. The van der Waals surface area contributed by atoms with Gasteiger partial charge in [-0.05, 0) is 23.8 Å². The van der Waals surface area contributed by atoms with E-state index in [9.17, 15) is 14.7 Å². The highest BCUT2D eigenvalue weighted by atomic mass is 16.5. The quantitative estimate of drug-likeness (QED) is 0.944. The van der Waals surface area contributed by atoms with Crippen LogP contribution in [-0.2, 0) is 11.2 Å². The van der Waals surface area contributed by atoms with E-state index in [2.05, 4.69) is 0 Å². The number of rotatable bonds is 3. The summed E-state index contributed by atoms with van der Waals surface area (Å²) in [4.78, 5) is 25.2. The van der Waals surface area contributed by atoms with Crippen molar-refractivity contribution >= 4 is 17.6 Å². The van der Waals surface area contributed by atoms with Crippen molar-refractivity contribution in [1.82, 2.24) is 0 Å². The summed E-state index contributed by atoms with van der Waals surface area (Å²) in [5.74, 6) is -0.614. The van der Waals surface area contributed by atoms with Crippen LogP contribution < -0.4 is 9.64 Å². The minimum Gasteiger partial charge on any atom is -0.480 e. The second kappa shape index (κ2) is 5.52. The van der Waals surface area contributed by atoms with Crippen molar-refractivity contribution in [3.05, 3.63) is 59.7 Å². The SMILES string of the molecule is CN(C(=O)C1Cc2ccccc2O1)c1ccccc1C(=O)O. The molecular formula is C17H15NO4. The number of carbonyl (C=O) groups excluding carboxylic acids is 1. The zero-order valence-electron chi connectivity index (χ0n) is 12.0. The van der Waals surface area contributed by atoms with Crippen LogP contribution >= 0.6 is 0 Å². The van der Waals surface area contributed by atoms with Gasteiger partial charge in [0.05, 0.1) is 11.3 Å². The molecule has 1 aliphatic rings.